The lowest BCUT2D eigenvalue weighted by Gasteiger charge is -2.36. The van der Waals surface area contributed by atoms with E-state index in [-0.39, 0.29) is 0 Å². The molecular formula is C16H28N4. The van der Waals surface area contributed by atoms with Crippen LogP contribution in [0.5, 0.6) is 0 Å². The van der Waals surface area contributed by atoms with Crippen molar-refractivity contribution in [2.45, 2.75) is 58.4 Å². The molecule has 2 rings (SSSR count). The maximum atomic E-state index is 4.58. The summed E-state index contributed by atoms with van der Waals surface area (Å²) in [5.41, 5.74) is 1.26. The van der Waals surface area contributed by atoms with Gasteiger partial charge in [-0.3, -0.25) is 0 Å². The van der Waals surface area contributed by atoms with Crippen LogP contribution in [0.2, 0.25) is 0 Å². The zero-order valence-corrected chi connectivity index (χ0v) is 13.3. The number of aromatic nitrogens is 2. The molecule has 0 aliphatic heterocycles. The standard InChI is InChI=1S/C16H28N4/c1-5-7-14-15(17-3)18-11-19-16(14)20(4)13-9-6-8-12(2)10-13/h11-13H,5-10H2,1-4H3,(H,17,18,19). The second-order valence-electron chi connectivity index (χ2n) is 6.06. The van der Waals surface area contributed by atoms with Crippen LogP contribution in [0.25, 0.3) is 0 Å². The Balaban J connectivity index is 2.26. The highest BCUT2D eigenvalue weighted by Gasteiger charge is 2.25. The van der Waals surface area contributed by atoms with Gasteiger partial charge in [0.2, 0.25) is 0 Å². The van der Waals surface area contributed by atoms with Gasteiger partial charge < -0.3 is 10.2 Å². The van der Waals surface area contributed by atoms with Crippen molar-refractivity contribution in [2.24, 2.45) is 5.92 Å². The molecule has 0 radical (unpaired) electrons. The third-order valence-corrected chi connectivity index (χ3v) is 4.45. The molecule has 1 fully saturated rings. The first-order valence-electron chi connectivity index (χ1n) is 7.91. The fraction of sp³-hybridized carbons (Fsp3) is 0.750. The summed E-state index contributed by atoms with van der Waals surface area (Å²) in [6.07, 6.45) is 9.10. The summed E-state index contributed by atoms with van der Waals surface area (Å²) in [7, 11) is 4.14. The molecule has 1 heterocycles. The Bertz CT molecular complexity index is 432. The molecule has 1 aromatic rings. The summed E-state index contributed by atoms with van der Waals surface area (Å²) in [5, 5.41) is 3.21. The molecule has 2 unspecified atom stereocenters. The zero-order chi connectivity index (χ0) is 14.5. The van der Waals surface area contributed by atoms with E-state index in [4.69, 9.17) is 0 Å². The van der Waals surface area contributed by atoms with E-state index in [1.807, 2.05) is 7.05 Å². The summed E-state index contributed by atoms with van der Waals surface area (Å²) in [4.78, 5) is 11.3. The highest BCUT2D eigenvalue weighted by molar-refractivity contribution is 5.58. The van der Waals surface area contributed by atoms with Gasteiger partial charge in [-0.1, -0.05) is 33.1 Å². The van der Waals surface area contributed by atoms with Crippen LogP contribution in [0.1, 0.15) is 51.5 Å². The normalized spacial score (nSPS) is 22.6. The van der Waals surface area contributed by atoms with Crippen LogP contribution < -0.4 is 10.2 Å². The quantitative estimate of drug-likeness (QED) is 0.894. The highest BCUT2D eigenvalue weighted by Crippen LogP contribution is 2.32. The molecule has 0 aromatic carbocycles. The van der Waals surface area contributed by atoms with Crippen LogP contribution in [0.15, 0.2) is 6.33 Å². The number of anilines is 2. The predicted octanol–water partition coefficient (Wildman–Crippen LogP) is 3.49. The van der Waals surface area contributed by atoms with E-state index in [1.54, 1.807) is 6.33 Å². The molecule has 0 bridgehead atoms. The monoisotopic (exact) mass is 276 g/mol. The first-order valence-corrected chi connectivity index (χ1v) is 7.91. The Morgan fingerprint density at radius 2 is 2.15 bits per heavy atom. The van der Waals surface area contributed by atoms with Gasteiger partial charge in [0.15, 0.2) is 0 Å². The number of hydrogen-bond donors (Lipinski definition) is 1. The maximum Gasteiger partial charge on any atom is 0.137 e. The van der Waals surface area contributed by atoms with Gasteiger partial charge in [-0.25, -0.2) is 9.97 Å². The van der Waals surface area contributed by atoms with Gasteiger partial charge in [-0.2, -0.15) is 0 Å². The van der Waals surface area contributed by atoms with Crippen LogP contribution in [0.4, 0.5) is 11.6 Å². The van der Waals surface area contributed by atoms with Crippen LogP contribution in [-0.2, 0) is 6.42 Å². The van der Waals surface area contributed by atoms with E-state index in [0.29, 0.717) is 6.04 Å². The van der Waals surface area contributed by atoms with Gasteiger partial charge in [-0.15, -0.1) is 0 Å². The lowest BCUT2D eigenvalue weighted by atomic mass is 9.86. The lowest BCUT2D eigenvalue weighted by molar-refractivity contribution is 0.335. The molecule has 4 nitrogen and oxygen atoms in total. The highest BCUT2D eigenvalue weighted by atomic mass is 15.2. The first kappa shape index (κ1) is 15.1. The zero-order valence-electron chi connectivity index (χ0n) is 13.3. The second kappa shape index (κ2) is 6.91. The summed E-state index contributed by atoms with van der Waals surface area (Å²) < 4.78 is 0. The molecule has 4 heteroatoms. The summed E-state index contributed by atoms with van der Waals surface area (Å²) >= 11 is 0. The molecule has 0 saturated heterocycles. The van der Waals surface area contributed by atoms with E-state index in [9.17, 15) is 0 Å². The average molecular weight is 276 g/mol. The van der Waals surface area contributed by atoms with Gasteiger partial charge in [-0.05, 0) is 25.2 Å². The third-order valence-electron chi connectivity index (χ3n) is 4.45. The largest absolute Gasteiger partial charge is 0.373 e. The van der Waals surface area contributed by atoms with Crippen molar-refractivity contribution < 1.29 is 0 Å². The van der Waals surface area contributed by atoms with E-state index in [0.717, 1.165) is 30.4 Å². The minimum atomic E-state index is 0.619. The SMILES string of the molecule is CCCc1c(NC)ncnc1N(C)C1CCCC(C)C1. The van der Waals surface area contributed by atoms with Gasteiger partial charge >= 0.3 is 0 Å². The van der Waals surface area contributed by atoms with E-state index in [1.165, 1.54) is 31.2 Å². The number of nitrogens with zero attached hydrogens (tertiary/aromatic N) is 3. The minimum Gasteiger partial charge on any atom is -0.373 e. The molecule has 1 aliphatic carbocycles. The van der Waals surface area contributed by atoms with Crippen molar-refractivity contribution in [1.82, 2.24) is 9.97 Å². The van der Waals surface area contributed by atoms with E-state index < -0.39 is 0 Å². The molecule has 1 aliphatic rings. The lowest BCUT2D eigenvalue weighted by Crippen LogP contribution is -2.36. The molecule has 2 atom stereocenters. The summed E-state index contributed by atoms with van der Waals surface area (Å²) in [5.74, 6) is 2.93. The molecule has 112 valence electrons. The van der Waals surface area contributed by atoms with E-state index >= 15 is 0 Å². The van der Waals surface area contributed by atoms with Crippen molar-refractivity contribution in [3.8, 4) is 0 Å². The summed E-state index contributed by atoms with van der Waals surface area (Å²) in [6.45, 7) is 4.57. The molecule has 1 aromatic heterocycles. The summed E-state index contributed by atoms with van der Waals surface area (Å²) in [6, 6.07) is 0.619. The van der Waals surface area contributed by atoms with Gasteiger partial charge in [0.05, 0.1) is 0 Å². The Morgan fingerprint density at radius 1 is 1.35 bits per heavy atom. The maximum absolute atomic E-state index is 4.58. The Hall–Kier alpha value is -1.32. The molecule has 20 heavy (non-hydrogen) atoms. The van der Waals surface area contributed by atoms with Crippen molar-refractivity contribution in [2.75, 3.05) is 24.3 Å². The fourth-order valence-corrected chi connectivity index (χ4v) is 3.33. The Morgan fingerprint density at radius 3 is 2.80 bits per heavy atom. The molecule has 1 saturated carbocycles. The fourth-order valence-electron chi connectivity index (χ4n) is 3.33. The average Bonchev–Trinajstić information content (AvgIpc) is 2.47. The van der Waals surface area contributed by atoms with Crippen molar-refractivity contribution >= 4 is 11.6 Å². The molecule has 0 spiro atoms. The van der Waals surface area contributed by atoms with Crippen LogP contribution in [0.3, 0.4) is 0 Å². The molecular weight excluding hydrogens is 248 g/mol. The van der Waals surface area contributed by atoms with Crippen molar-refractivity contribution in [3.63, 3.8) is 0 Å². The topological polar surface area (TPSA) is 41.1 Å². The number of hydrogen-bond acceptors (Lipinski definition) is 4. The van der Waals surface area contributed by atoms with E-state index in [2.05, 4.69) is 41.1 Å². The van der Waals surface area contributed by atoms with Crippen LogP contribution >= 0.6 is 0 Å². The smallest absolute Gasteiger partial charge is 0.137 e. The minimum absolute atomic E-state index is 0.619. The number of nitrogens with one attached hydrogen (secondary N) is 1. The van der Waals surface area contributed by atoms with Crippen LogP contribution in [0, 0.1) is 5.92 Å². The van der Waals surface area contributed by atoms with Crippen LogP contribution in [-0.4, -0.2) is 30.1 Å². The van der Waals surface area contributed by atoms with Gasteiger partial charge in [0.1, 0.15) is 18.0 Å². The van der Waals surface area contributed by atoms with Crippen molar-refractivity contribution in [3.05, 3.63) is 11.9 Å². The predicted molar refractivity (Wildman–Crippen MR) is 85.4 cm³/mol. The van der Waals surface area contributed by atoms with Gasteiger partial charge in [0.25, 0.3) is 0 Å². The Kier molecular flexibility index (Phi) is 5.21. The first-order chi connectivity index (χ1) is 9.67. The second-order valence-corrected chi connectivity index (χ2v) is 6.06. The Labute approximate surface area is 123 Å². The number of rotatable bonds is 5. The third kappa shape index (κ3) is 3.22. The molecule has 0 amide bonds. The van der Waals surface area contributed by atoms with Gasteiger partial charge in [0, 0.05) is 25.7 Å². The molecule has 1 N–H and O–H groups in total. The van der Waals surface area contributed by atoms with Crippen molar-refractivity contribution in [1.29, 1.82) is 0 Å².